The number of amides is 2. The summed E-state index contributed by atoms with van der Waals surface area (Å²) in [6.07, 6.45) is 1.26. The number of anilines is 1. The second-order valence-corrected chi connectivity index (χ2v) is 3.80. The first-order valence-corrected chi connectivity index (χ1v) is 5.42. The molecule has 1 aromatic carbocycles. The minimum atomic E-state index is -0.653. The first-order valence-electron chi connectivity index (χ1n) is 5.42. The monoisotopic (exact) mass is 257 g/mol. The van der Waals surface area contributed by atoms with E-state index in [0.29, 0.717) is 5.69 Å². The zero-order chi connectivity index (χ0) is 13.8. The number of nitrogens with two attached hydrogens (primary N) is 1. The molecule has 4 N–H and O–H groups in total. The van der Waals surface area contributed by atoms with Crippen LogP contribution in [-0.2, 0) is 0 Å². The fourth-order valence-electron chi connectivity index (χ4n) is 1.46. The van der Waals surface area contributed by atoms with Gasteiger partial charge in [-0.3, -0.25) is 14.6 Å². The second-order valence-electron chi connectivity index (χ2n) is 3.80. The highest BCUT2D eigenvalue weighted by molar-refractivity contribution is 6.04. The van der Waals surface area contributed by atoms with E-state index in [9.17, 15) is 14.7 Å². The Morgan fingerprint density at radius 3 is 2.58 bits per heavy atom. The largest absolute Gasteiger partial charge is 0.508 e. The summed E-state index contributed by atoms with van der Waals surface area (Å²) in [6, 6.07) is 9.00. The Balaban J connectivity index is 2.14. The second kappa shape index (κ2) is 5.18. The molecule has 0 unspecified atom stereocenters. The van der Waals surface area contributed by atoms with E-state index in [1.54, 1.807) is 12.1 Å². The van der Waals surface area contributed by atoms with E-state index in [1.165, 1.54) is 30.5 Å². The predicted octanol–water partition coefficient (Wildman–Crippen LogP) is 1.14. The third-order valence-corrected chi connectivity index (χ3v) is 2.38. The van der Waals surface area contributed by atoms with Crippen molar-refractivity contribution in [2.24, 2.45) is 5.73 Å². The lowest BCUT2D eigenvalue weighted by Crippen LogP contribution is -2.15. The van der Waals surface area contributed by atoms with Gasteiger partial charge in [0.05, 0.1) is 5.56 Å². The van der Waals surface area contributed by atoms with Crippen LogP contribution >= 0.6 is 0 Å². The van der Waals surface area contributed by atoms with Gasteiger partial charge in [0.15, 0.2) is 0 Å². The van der Waals surface area contributed by atoms with Crippen LogP contribution in [0.2, 0.25) is 0 Å². The van der Waals surface area contributed by atoms with Crippen LogP contribution in [0, 0.1) is 0 Å². The van der Waals surface area contributed by atoms with Gasteiger partial charge in [-0.1, -0.05) is 6.07 Å². The number of benzene rings is 1. The van der Waals surface area contributed by atoms with Crippen LogP contribution in [0.25, 0.3) is 0 Å². The normalized spacial score (nSPS) is 9.89. The van der Waals surface area contributed by atoms with Gasteiger partial charge in [-0.25, -0.2) is 0 Å². The van der Waals surface area contributed by atoms with Crippen molar-refractivity contribution in [3.63, 3.8) is 0 Å². The molecule has 1 aromatic heterocycles. The molecule has 2 rings (SSSR count). The topological polar surface area (TPSA) is 105 Å². The third kappa shape index (κ3) is 3.06. The van der Waals surface area contributed by atoms with Gasteiger partial charge in [0.2, 0.25) is 0 Å². The maximum atomic E-state index is 11.9. The minimum Gasteiger partial charge on any atom is -0.508 e. The van der Waals surface area contributed by atoms with Crippen molar-refractivity contribution in [1.29, 1.82) is 0 Å². The lowest BCUT2D eigenvalue weighted by molar-refractivity contribution is 0.0990. The number of carbonyl (C=O) groups is 2. The number of nitrogens with zero attached hydrogens (tertiary/aromatic N) is 1. The smallest absolute Gasteiger partial charge is 0.267 e. The summed E-state index contributed by atoms with van der Waals surface area (Å²) in [5, 5.41) is 11.9. The zero-order valence-electron chi connectivity index (χ0n) is 9.83. The van der Waals surface area contributed by atoms with Crippen LogP contribution in [-0.4, -0.2) is 21.9 Å². The lowest BCUT2D eigenvalue weighted by Gasteiger charge is -2.05. The molecule has 0 aliphatic heterocycles. The molecule has 2 amide bonds. The van der Waals surface area contributed by atoms with Gasteiger partial charge in [0.25, 0.3) is 11.8 Å². The van der Waals surface area contributed by atoms with E-state index in [1.807, 2.05) is 0 Å². The summed E-state index contributed by atoms with van der Waals surface area (Å²) < 4.78 is 0. The molecule has 19 heavy (non-hydrogen) atoms. The van der Waals surface area contributed by atoms with Crippen LogP contribution in [0.15, 0.2) is 42.6 Å². The van der Waals surface area contributed by atoms with Crippen molar-refractivity contribution in [1.82, 2.24) is 4.98 Å². The summed E-state index contributed by atoms with van der Waals surface area (Å²) >= 11 is 0. The number of aromatic hydroxyl groups is 1. The summed E-state index contributed by atoms with van der Waals surface area (Å²) in [5.41, 5.74) is 5.89. The van der Waals surface area contributed by atoms with E-state index in [2.05, 4.69) is 10.3 Å². The fourth-order valence-corrected chi connectivity index (χ4v) is 1.46. The molecule has 0 bridgehead atoms. The molecule has 0 radical (unpaired) electrons. The lowest BCUT2D eigenvalue weighted by atomic mass is 10.2. The quantitative estimate of drug-likeness (QED) is 0.766. The first kappa shape index (κ1) is 12.6. The van der Waals surface area contributed by atoms with Gasteiger partial charge in [0, 0.05) is 18.0 Å². The molecule has 0 spiro atoms. The molecule has 0 saturated heterocycles. The van der Waals surface area contributed by atoms with E-state index < -0.39 is 11.8 Å². The number of carbonyl (C=O) groups excluding carboxylic acids is 2. The van der Waals surface area contributed by atoms with Crippen molar-refractivity contribution in [2.75, 3.05) is 5.32 Å². The van der Waals surface area contributed by atoms with E-state index >= 15 is 0 Å². The molecule has 0 aliphatic rings. The van der Waals surface area contributed by atoms with Gasteiger partial charge in [-0.15, -0.1) is 0 Å². The Kier molecular flexibility index (Phi) is 3.42. The Morgan fingerprint density at radius 1 is 1.21 bits per heavy atom. The van der Waals surface area contributed by atoms with Crippen LogP contribution in [0.1, 0.15) is 20.8 Å². The number of pyridine rings is 1. The van der Waals surface area contributed by atoms with Crippen LogP contribution < -0.4 is 11.1 Å². The minimum absolute atomic E-state index is 0.0556. The molecule has 1 heterocycles. The van der Waals surface area contributed by atoms with Crippen LogP contribution in [0.3, 0.4) is 0 Å². The molecule has 2 aromatic rings. The number of nitrogens with one attached hydrogen (secondary N) is 1. The highest BCUT2D eigenvalue weighted by atomic mass is 16.3. The van der Waals surface area contributed by atoms with Crippen LogP contribution in [0.4, 0.5) is 5.69 Å². The summed E-state index contributed by atoms with van der Waals surface area (Å²) in [7, 11) is 0. The molecule has 0 atom stereocenters. The van der Waals surface area contributed by atoms with Crippen LogP contribution in [0.5, 0.6) is 5.75 Å². The summed E-state index contributed by atoms with van der Waals surface area (Å²) in [4.78, 5) is 26.5. The number of phenolic OH excluding ortho intramolecular Hbond substituents is 1. The molecule has 0 aliphatic carbocycles. The maximum Gasteiger partial charge on any atom is 0.267 e. The van der Waals surface area contributed by atoms with Crippen molar-refractivity contribution >= 4 is 17.5 Å². The Bertz CT molecular complexity index is 623. The molecule has 96 valence electrons. The van der Waals surface area contributed by atoms with Crippen molar-refractivity contribution in [2.45, 2.75) is 0 Å². The highest BCUT2D eigenvalue weighted by Gasteiger charge is 2.08. The average Bonchev–Trinajstić information content (AvgIpc) is 2.39. The molecule has 6 nitrogen and oxygen atoms in total. The summed E-state index contributed by atoms with van der Waals surface area (Å²) in [6.45, 7) is 0. The Hall–Kier alpha value is -2.89. The number of rotatable bonds is 3. The third-order valence-electron chi connectivity index (χ3n) is 2.38. The first-order chi connectivity index (χ1) is 9.06. The van der Waals surface area contributed by atoms with E-state index in [0.717, 1.165) is 0 Å². The Labute approximate surface area is 108 Å². The average molecular weight is 257 g/mol. The summed E-state index contributed by atoms with van der Waals surface area (Å²) in [5.74, 6) is -0.992. The molecular formula is C13H11N3O3. The predicted molar refractivity (Wildman–Crippen MR) is 68.8 cm³/mol. The molecule has 0 saturated carbocycles. The van der Waals surface area contributed by atoms with Gasteiger partial charge in [-0.2, -0.15) is 0 Å². The van der Waals surface area contributed by atoms with E-state index in [4.69, 9.17) is 5.73 Å². The number of hydrogen-bond donors (Lipinski definition) is 3. The number of aromatic nitrogens is 1. The van der Waals surface area contributed by atoms with E-state index in [-0.39, 0.29) is 17.0 Å². The Morgan fingerprint density at radius 2 is 2.00 bits per heavy atom. The maximum absolute atomic E-state index is 11.9. The number of hydrogen-bond acceptors (Lipinski definition) is 4. The number of phenols is 1. The van der Waals surface area contributed by atoms with Gasteiger partial charge >= 0.3 is 0 Å². The van der Waals surface area contributed by atoms with Gasteiger partial charge in [-0.05, 0) is 24.3 Å². The molecule has 6 heteroatoms. The van der Waals surface area contributed by atoms with Crippen molar-refractivity contribution in [3.8, 4) is 5.75 Å². The highest BCUT2D eigenvalue weighted by Crippen LogP contribution is 2.16. The van der Waals surface area contributed by atoms with Crippen molar-refractivity contribution < 1.29 is 14.7 Å². The molecule has 0 fully saturated rings. The van der Waals surface area contributed by atoms with Gasteiger partial charge < -0.3 is 16.2 Å². The van der Waals surface area contributed by atoms with Crippen molar-refractivity contribution in [3.05, 3.63) is 53.9 Å². The molecular weight excluding hydrogens is 246 g/mol. The standard InChI is InChI=1S/C13H11N3O3/c14-12(18)11-5-4-8(7-15-11)13(19)16-9-2-1-3-10(17)6-9/h1-7,17H,(H2,14,18)(H,16,19). The zero-order valence-corrected chi connectivity index (χ0v) is 9.83. The fraction of sp³-hybridized carbons (Fsp3) is 0. The SMILES string of the molecule is NC(=O)c1ccc(C(=O)Nc2cccc(O)c2)cn1. The van der Waals surface area contributed by atoms with Gasteiger partial charge in [0.1, 0.15) is 11.4 Å². The number of primary amides is 1.